The van der Waals surface area contributed by atoms with Crippen LogP contribution in [0, 0.1) is 0 Å². The summed E-state index contributed by atoms with van der Waals surface area (Å²) in [6.07, 6.45) is 4.77. The molecule has 2 aromatic carbocycles. The van der Waals surface area contributed by atoms with E-state index in [0.717, 1.165) is 18.5 Å². The number of amides is 1. The van der Waals surface area contributed by atoms with Crippen LogP contribution in [0.3, 0.4) is 0 Å². The van der Waals surface area contributed by atoms with Gasteiger partial charge in [0.15, 0.2) is 0 Å². The predicted molar refractivity (Wildman–Crippen MR) is 81.9 cm³/mol. The Kier molecular flexibility index (Phi) is 3.42. The van der Waals surface area contributed by atoms with Crippen molar-refractivity contribution in [3.8, 4) is 0 Å². The molecule has 0 saturated carbocycles. The Morgan fingerprint density at radius 2 is 1.65 bits per heavy atom. The smallest absolute Gasteiger partial charge is 0.255 e. The quantitative estimate of drug-likeness (QED) is 0.818. The third-order valence-electron chi connectivity index (χ3n) is 3.78. The minimum absolute atomic E-state index is 0.0965. The monoisotopic (exact) mass is 266 g/mol. The summed E-state index contributed by atoms with van der Waals surface area (Å²) in [6, 6.07) is 13.2. The molecular weight excluding hydrogens is 248 g/mol. The number of nitrogens with one attached hydrogen (secondary N) is 1. The fourth-order valence-corrected chi connectivity index (χ4v) is 2.65. The lowest BCUT2D eigenvalue weighted by Gasteiger charge is -2.16. The topological polar surface area (TPSA) is 55.1 Å². The Morgan fingerprint density at radius 1 is 0.950 bits per heavy atom. The summed E-state index contributed by atoms with van der Waals surface area (Å²) in [4.78, 5) is 12.1. The molecule has 1 aliphatic rings. The molecule has 3 N–H and O–H groups in total. The minimum Gasteiger partial charge on any atom is -0.399 e. The van der Waals surface area contributed by atoms with Gasteiger partial charge < -0.3 is 11.1 Å². The maximum Gasteiger partial charge on any atom is 0.255 e. The molecule has 0 saturated heterocycles. The Labute approximate surface area is 118 Å². The number of nitrogens with two attached hydrogens (primary N) is 1. The van der Waals surface area contributed by atoms with Gasteiger partial charge in [0.1, 0.15) is 0 Å². The first-order chi connectivity index (χ1) is 9.72. The Bertz CT molecular complexity index is 632. The van der Waals surface area contributed by atoms with E-state index in [1.165, 1.54) is 24.0 Å². The van der Waals surface area contributed by atoms with Crippen LogP contribution in [0.15, 0.2) is 42.5 Å². The summed E-state index contributed by atoms with van der Waals surface area (Å²) >= 11 is 0. The zero-order chi connectivity index (χ0) is 13.9. The summed E-state index contributed by atoms with van der Waals surface area (Å²) in [5, 5.41) is 2.95. The molecule has 0 unspecified atom stereocenters. The van der Waals surface area contributed by atoms with Crippen LogP contribution in [0.2, 0.25) is 0 Å². The van der Waals surface area contributed by atoms with Crippen molar-refractivity contribution in [3.63, 3.8) is 0 Å². The average molecular weight is 266 g/mol. The summed E-state index contributed by atoms with van der Waals surface area (Å²) in [7, 11) is 0. The molecule has 0 fully saturated rings. The molecule has 1 amide bonds. The Morgan fingerprint density at radius 3 is 2.40 bits per heavy atom. The zero-order valence-corrected chi connectivity index (χ0v) is 11.4. The first-order valence-corrected chi connectivity index (χ1v) is 7.01. The maximum atomic E-state index is 12.1. The fraction of sp³-hybridized carbons (Fsp3) is 0.235. The number of fused-ring (bicyclic) bond motifs is 1. The van der Waals surface area contributed by atoms with E-state index in [4.69, 9.17) is 5.73 Å². The van der Waals surface area contributed by atoms with Gasteiger partial charge in [-0.25, -0.2) is 0 Å². The molecule has 20 heavy (non-hydrogen) atoms. The van der Waals surface area contributed by atoms with Gasteiger partial charge >= 0.3 is 0 Å². The number of hydrogen-bond acceptors (Lipinski definition) is 2. The van der Waals surface area contributed by atoms with Crippen LogP contribution < -0.4 is 11.1 Å². The largest absolute Gasteiger partial charge is 0.399 e. The second-order valence-electron chi connectivity index (χ2n) is 5.27. The first kappa shape index (κ1) is 12.7. The van der Waals surface area contributed by atoms with Crippen LogP contribution in [0.4, 0.5) is 11.4 Å². The van der Waals surface area contributed by atoms with Crippen molar-refractivity contribution in [1.29, 1.82) is 0 Å². The van der Waals surface area contributed by atoms with Crippen molar-refractivity contribution in [2.45, 2.75) is 25.7 Å². The van der Waals surface area contributed by atoms with Gasteiger partial charge in [-0.2, -0.15) is 0 Å². The summed E-state index contributed by atoms with van der Waals surface area (Å²) in [6.45, 7) is 0. The van der Waals surface area contributed by atoms with Crippen LogP contribution in [0.1, 0.15) is 34.3 Å². The number of nitrogen functional groups attached to an aromatic ring is 1. The van der Waals surface area contributed by atoms with E-state index in [2.05, 4.69) is 17.4 Å². The van der Waals surface area contributed by atoms with Gasteiger partial charge in [0, 0.05) is 16.9 Å². The van der Waals surface area contributed by atoms with E-state index in [9.17, 15) is 4.79 Å². The molecule has 3 heteroatoms. The SMILES string of the molecule is Nc1ccc(C(=O)Nc2ccc3c(c2)CCCC3)cc1. The molecule has 0 radical (unpaired) electrons. The lowest BCUT2D eigenvalue weighted by atomic mass is 9.91. The van der Waals surface area contributed by atoms with E-state index in [-0.39, 0.29) is 5.91 Å². The van der Waals surface area contributed by atoms with E-state index in [1.807, 2.05) is 6.07 Å². The highest BCUT2D eigenvalue weighted by Crippen LogP contribution is 2.24. The van der Waals surface area contributed by atoms with Crippen molar-refractivity contribution < 1.29 is 4.79 Å². The van der Waals surface area contributed by atoms with Gasteiger partial charge in [-0.15, -0.1) is 0 Å². The second kappa shape index (κ2) is 5.37. The number of hydrogen-bond donors (Lipinski definition) is 2. The third kappa shape index (κ3) is 2.67. The molecule has 102 valence electrons. The van der Waals surface area contributed by atoms with Crippen molar-refractivity contribution >= 4 is 17.3 Å². The molecule has 2 aromatic rings. The second-order valence-corrected chi connectivity index (χ2v) is 5.27. The maximum absolute atomic E-state index is 12.1. The lowest BCUT2D eigenvalue weighted by Crippen LogP contribution is -2.13. The lowest BCUT2D eigenvalue weighted by molar-refractivity contribution is 0.102. The molecule has 0 aromatic heterocycles. The van der Waals surface area contributed by atoms with Crippen molar-refractivity contribution in [1.82, 2.24) is 0 Å². The number of carbonyl (C=O) groups excluding carboxylic acids is 1. The zero-order valence-electron chi connectivity index (χ0n) is 11.4. The van der Waals surface area contributed by atoms with E-state index >= 15 is 0 Å². The molecule has 3 rings (SSSR count). The molecule has 0 heterocycles. The van der Waals surface area contributed by atoms with Crippen LogP contribution in [-0.4, -0.2) is 5.91 Å². The summed E-state index contributed by atoms with van der Waals surface area (Å²) in [5.41, 5.74) is 10.6. The standard InChI is InChI=1S/C17H18N2O/c18-15-8-5-13(6-9-15)17(20)19-16-10-7-12-3-1-2-4-14(12)11-16/h5-11H,1-4,18H2,(H,19,20). The molecule has 0 spiro atoms. The van der Waals surface area contributed by atoms with Crippen LogP contribution in [0.5, 0.6) is 0 Å². The normalized spacial score (nSPS) is 13.6. The predicted octanol–water partition coefficient (Wildman–Crippen LogP) is 3.40. The molecule has 0 aliphatic heterocycles. The molecule has 1 aliphatic carbocycles. The van der Waals surface area contributed by atoms with Crippen molar-refractivity contribution in [2.24, 2.45) is 0 Å². The molecule has 0 atom stereocenters. The van der Waals surface area contributed by atoms with Gasteiger partial charge in [0.05, 0.1) is 0 Å². The van der Waals surface area contributed by atoms with E-state index in [0.29, 0.717) is 11.3 Å². The molecule has 0 bridgehead atoms. The van der Waals surface area contributed by atoms with Gasteiger partial charge in [0.25, 0.3) is 5.91 Å². The third-order valence-corrected chi connectivity index (χ3v) is 3.78. The number of carbonyl (C=O) groups is 1. The highest BCUT2D eigenvalue weighted by atomic mass is 16.1. The number of aryl methyl sites for hydroxylation is 2. The van der Waals surface area contributed by atoms with Crippen LogP contribution in [0.25, 0.3) is 0 Å². The Hall–Kier alpha value is -2.29. The van der Waals surface area contributed by atoms with Gasteiger partial charge in [-0.1, -0.05) is 6.07 Å². The minimum atomic E-state index is -0.0965. The summed E-state index contributed by atoms with van der Waals surface area (Å²) in [5.74, 6) is -0.0965. The number of rotatable bonds is 2. The van der Waals surface area contributed by atoms with Crippen LogP contribution >= 0.6 is 0 Å². The number of anilines is 2. The van der Waals surface area contributed by atoms with Crippen molar-refractivity contribution in [2.75, 3.05) is 11.1 Å². The molecule has 3 nitrogen and oxygen atoms in total. The summed E-state index contributed by atoms with van der Waals surface area (Å²) < 4.78 is 0. The van der Waals surface area contributed by atoms with Gasteiger partial charge in [-0.05, 0) is 73.2 Å². The first-order valence-electron chi connectivity index (χ1n) is 7.01. The van der Waals surface area contributed by atoms with Gasteiger partial charge in [-0.3, -0.25) is 4.79 Å². The number of benzene rings is 2. The van der Waals surface area contributed by atoms with E-state index < -0.39 is 0 Å². The van der Waals surface area contributed by atoms with Crippen molar-refractivity contribution in [3.05, 3.63) is 59.2 Å². The molecular formula is C17H18N2O. The highest BCUT2D eigenvalue weighted by molar-refractivity contribution is 6.04. The van der Waals surface area contributed by atoms with E-state index in [1.54, 1.807) is 24.3 Å². The average Bonchev–Trinajstić information content (AvgIpc) is 2.48. The Balaban J connectivity index is 1.77. The highest BCUT2D eigenvalue weighted by Gasteiger charge is 2.11. The van der Waals surface area contributed by atoms with Crippen LogP contribution in [-0.2, 0) is 12.8 Å². The fourth-order valence-electron chi connectivity index (χ4n) is 2.65. The van der Waals surface area contributed by atoms with Gasteiger partial charge in [0.2, 0.25) is 0 Å².